The SMILES string of the molecule is CC[C@H](C)[C@H](NC(=O)C1CC1)C(=O)Nc1nnc(-c2cccc(OC)c2)s1. The smallest absolute Gasteiger partial charge is 0.249 e. The number of methoxy groups -OCH3 is 1. The van der Waals surface area contributed by atoms with Crippen LogP contribution in [0.1, 0.15) is 33.1 Å². The van der Waals surface area contributed by atoms with Crippen molar-refractivity contribution in [2.75, 3.05) is 12.4 Å². The van der Waals surface area contributed by atoms with Crippen LogP contribution < -0.4 is 15.4 Å². The standard InChI is InChI=1S/C19H24N4O3S/c1-4-11(2)15(20-16(24)12-8-9-12)17(25)21-19-23-22-18(27-19)13-6-5-7-14(10-13)26-3/h5-7,10-12,15H,4,8-9H2,1-3H3,(H,20,24)(H,21,23,25)/t11-,15-/m0/s1. The summed E-state index contributed by atoms with van der Waals surface area (Å²) in [6.45, 7) is 3.96. The number of nitrogens with one attached hydrogen (secondary N) is 2. The van der Waals surface area contributed by atoms with E-state index in [1.54, 1.807) is 7.11 Å². The van der Waals surface area contributed by atoms with Crippen LogP contribution in [-0.4, -0.2) is 35.2 Å². The van der Waals surface area contributed by atoms with E-state index in [2.05, 4.69) is 20.8 Å². The molecular weight excluding hydrogens is 364 g/mol. The second kappa shape index (κ2) is 8.47. The molecule has 2 atom stereocenters. The van der Waals surface area contributed by atoms with Gasteiger partial charge in [0.1, 0.15) is 16.8 Å². The zero-order valence-corrected chi connectivity index (χ0v) is 16.5. The second-order valence-electron chi connectivity index (χ2n) is 6.78. The number of benzene rings is 1. The first-order valence-electron chi connectivity index (χ1n) is 9.11. The largest absolute Gasteiger partial charge is 0.497 e. The number of nitrogens with zero attached hydrogens (tertiary/aromatic N) is 2. The van der Waals surface area contributed by atoms with Gasteiger partial charge in [0.25, 0.3) is 0 Å². The van der Waals surface area contributed by atoms with Gasteiger partial charge >= 0.3 is 0 Å². The lowest BCUT2D eigenvalue weighted by Crippen LogP contribution is -2.48. The van der Waals surface area contributed by atoms with Crippen molar-refractivity contribution in [2.24, 2.45) is 11.8 Å². The Morgan fingerprint density at radius 3 is 2.78 bits per heavy atom. The number of hydrogen-bond acceptors (Lipinski definition) is 6. The highest BCUT2D eigenvalue weighted by molar-refractivity contribution is 7.18. The number of carbonyl (C=O) groups excluding carboxylic acids is 2. The summed E-state index contributed by atoms with van der Waals surface area (Å²) in [4.78, 5) is 24.8. The van der Waals surface area contributed by atoms with Crippen LogP contribution in [0.15, 0.2) is 24.3 Å². The van der Waals surface area contributed by atoms with E-state index in [1.807, 2.05) is 38.1 Å². The van der Waals surface area contributed by atoms with Crippen molar-refractivity contribution >= 4 is 28.3 Å². The third-order valence-electron chi connectivity index (χ3n) is 4.71. The van der Waals surface area contributed by atoms with Gasteiger partial charge in [-0.05, 0) is 30.9 Å². The van der Waals surface area contributed by atoms with Crippen LogP contribution in [0.2, 0.25) is 0 Å². The van der Waals surface area contributed by atoms with E-state index < -0.39 is 6.04 Å². The molecule has 1 aliphatic carbocycles. The van der Waals surface area contributed by atoms with Crippen molar-refractivity contribution in [3.05, 3.63) is 24.3 Å². The van der Waals surface area contributed by atoms with Gasteiger partial charge in [-0.1, -0.05) is 43.7 Å². The molecule has 1 aliphatic rings. The lowest BCUT2D eigenvalue weighted by molar-refractivity contribution is -0.128. The molecule has 8 heteroatoms. The first kappa shape index (κ1) is 19.3. The van der Waals surface area contributed by atoms with Gasteiger partial charge in [0.2, 0.25) is 16.9 Å². The van der Waals surface area contributed by atoms with Crippen molar-refractivity contribution in [1.29, 1.82) is 0 Å². The first-order chi connectivity index (χ1) is 13.0. The molecule has 144 valence electrons. The van der Waals surface area contributed by atoms with Gasteiger partial charge in [-0.2, -0.15) is 0 Å². The fourth-order valence-corrected chi connectivity index (χ4v) is 3.39. The molecule has 7 nitrogen and oxygen atoms in total. The van der Waals surface area contributed by atoms with Crippen molar-refractivity contribution in [3.63, 3.8) is 0 Å². The van der Waals surface area contributed by atoms with E-state index in [9.17, 15) is 9.59 Å². The summed E-state index contributed by atoms with van der Waals surface area (Å²) in [6.07, 6.45) is 2.59. The summed E-state index contributed by atoms with van der Waals surface area (Å²) in [5.74, 6) is 0.522. The Bertz CT molecular complexity index is 819. The molecular formula is C19H24N4O3S. The number of rotatable bonds is 8. The minimum absolute atomic E-state index is 0.0264. The van der Waals surface area contributed by atoms with Crippen LogP contribution in [0, 0.1) is 11.8 Å². The van der Waals surface area contributed by atoms with E-state index in [0.717, 1.165) is 30.6 Å². The predicted molar refractivity (Wildman–Crippen MR) is 105 cm³/mol. The third kappa shape index (κ3) is 4.82. The van der Waals surface area contributed by atoms with Crippen LogP contribution in [0.25, 0.3) is 10.6 Å². The molecule has 2 N–H and O–H groups in total. The maximum atomic E-state index is 12.7. The van der Waals surface area contributed by atoms with Gasteiger partial charge in [0, 0.05) is 11.5 Å². The fourth-order valence-electron chi connectivity index (χ4n) is 2.65. The molecule has 0 bridgehead atoms. The minimum atomic E-state index is -0.577. The Morgan fingerprint density at radius 1 is 1.33 bits per heavy atom. The van der Waals surface area contributed by atoms with Gasteiger partial charge in [-0.15, -0.1) is 10.2 Å². The Hall–Kier alpha value is -2.48. The number of anilines is 1. The Morgan fingerprint density at radius 2 is 2.11 bits per heavy atom. The minimum Gasteiger partial charge on any atom is -0.497 e. The zero-order valence-electron chi connectivity index (χ0n) is 15.7. The fraction of sp³-hybridized carbons (Fsp3) is 0.474. The highest BCUT2D eigenvalue weighted by atomic mass is 32.1. The van der Waals surface area contributed by atoms with Crippen LogP contribution >= 0.6 is 11.3 Å². The van der Waals surface area contributed by atoms with Crippen LogP contribution in [-0.2, 0) is 9.59 Å². The van der Waals surface area contributed by atoms with Crippen LogP contribution in [0.4, 0.5) is 5.13 Å². The Labute approximate surface area is 162 Å². The average molecular weight is 388 g/mol. The molecule has 1 aromatic heterocycles. The molecule has 0 spiro atoms. The van der Waals surface area contributed by atoms with E-state index in [1.165, 1.54) is 11.3 Å². The van der Waals surface area contributed by atoms with E-state index in [0.29, 0.717) is 10.1 Å². The molecule has 0 aliphatic heterocycles. The summed E-state index contributed by atoms with van der Waals surface area (Å²) in [5, 5.41) is 15.0. The number of carbonyl (C=O) groups is 2. The average Bonchev–Trinajstić information content (AvgIpc) is 3.44. The van der Waals surface area contributed by atoms with Crippen molar-refractivity contribution < 1.29 is 14.3 Å². The van der Waals surface area contributed by atoms with Gasteiger partial charge in [-0.3, -0.25) is 14.9 Å². The van der Waals surface area contributed by atoms with E-state index in [4.69, 9.17) is 4.74 Å². The monoisotopic (exact) mass is 388 g/mol. The van der Waals surface area contributed by atoms with Gasteiger partial charge < -0.3 is 10.1 Å². The number of hydrogen-bond donors (Lipinski definition) is 2. The molecule has 1 fully saturated rings. The quantitative estimate of drug-likeness (QED) is 0.725. The highest BCUT2D eigenvalue weighted by Crippen LogP contribution is 2.30. The molecule has 1 heterocycles. The van der Waals surface area contributed by atoms with Crippen LogP contribution in [0.5, 0.6) is 5.75 Å². The summed E-state index contributed by atoms with van der Waals surface area (Å²) in [6, 6.07) is 6.93. The number of amides is 2. The molecule has 2 aromatic rings. The molecule has 27 heavy (non-hydrogen) atoms. The molecule has 1 aromatic carbocycles. The number of ether oxygens (including phenoxy) is 1. The normalized spacial score (nSPS) is 15.7. The summed E-state index contributed by atoms with van der Waals surface area (Å²) < 4.78 is 5.23. The Balaban J connectivity index is 1.69. The van der Waals surface area contributed by atoms with Crippen molar-refractivity contribution in [3.8, 4) is 16.3 Å². The lowest BCUT2D eigenvalue weighted by atomic mass is 9.98. The Kier molecular flexibility index (Phi) is 6.05. The zero-order chi connectivity index (χ0) is 19.4. The molecule has 0 unspecified atom stereocenters. The highest BCUT2D eigenvalue weighted by Gasteiger charge is 2.34. The van der Waals surface area contributed by atoms with Gasteiger partial charge in [0.05, 0.1) is 7.11 Å². The molecule has 3 rings (SSSR count). The molecule has 0 saturated heterocycles. The molecule has 1 saturated carbocycles. The second-order valence-corrected chi connectivity index (χ2v) is 7.76. The van der Waals surface area contributed by atoms with Gasteiger partial charge in [0.15, 0.2) is 0 Å². The summed E-state index contributed by atoms with van der Waals surface area (Å²) in [5.41, 5.74) is 0.868. The van der Waals surface area contributed by atoms with E-state index >= 15 is 0 Å². The molecule has 2 amide bonds. The topological polar surface area (TPSA) is 93.2 Å². The van der Waals surface area contributed by atoms with Crippen LogP contribution in [0.3, 0.4) is 0 Å². The lowest BCUT2D eigenvalue weighted by Gasteiger charge is -2.22. The van der Waals surface area contributed by atoms with Gasteiger partial charge in [-0.25, -0.2) is 0 Å². The first-order valence-corrected chi connectivity index (χ1v) is 9.92. The van der Waals surface area contributed by atoms with Crippen molar-refractivity contribution in [2.45, 2.75) is 39.2 Å². The number of aromatic nitrogens is 2. The predicted octanol–water partition coefficient (Wildman–Crippen LogP) is 3.09. The molecule has 0 radical (unpaired) electrons. The maximum Gasteiger partial charge on any atom is 0.249 e. The summed E-state index contributed by atoms with van der Waals surface area (Å²) >= 11 is 1.29. The van der Waals surface area contributed by atoms with E-state index in [-0.39, 0.29) is 23.7 Å². The maximum absolute atomic E-state index is 12.7. The van der Waals surface area contributed by atoms with Crippen molar-refractivity contribution in [1.82, 2.24) is 15.5 Å². The third-order valence-corrected chi connectivity index (χ3v) is 5.60. The summed E-state index contributed by atoms with van der Waals surface area (Å²) in [7, 11) is 1.61.